The second-order valence-corrected chi connectivity index (χ2v) is 6.48. The van der Waals surface area contributed by atoms with E-state index in [1.54, 1.807) is 13.0 Å². The molecule has 140 valence electrons. The van der Waals surface area contributed by atoms with Crippen molar-refractivity contribution in [2.24, 2.45) is 5.16 Å². The lowest BCUT2D eigenvalue weighted by atomic mass is 10.1. The average Bonchev–Trinajstić information content (AvgIpc) is 2.58. The molecule has 0 aliphatic heterocycles. The summed E-state index contributed by atoms with van der Waals surface area (Å²) in [5.41, 5.74) is 2.64. The lowest BCUT2D eigenvalue weighted by Gasteiger charge is -2.15. The number of halogens is 2. The Labute approximate surface area is 159 Å². The van der Waals surface area contributed by atoms with Crippen LogP contribution in [0.15, 0.2) is 27.9 Å². The Balaban J connectivity index is 2.54. The van der Waals surface area contributed by atoms with Gasteiger partial charge in [-0.1, -0.05) is 35.3 Å². The highest BCUT2D eigenvalue weighted by Crippen LogP contribution is 2.30. The molecule has 0 bridgehead atoms. The monoisotopic (exact) mass is 389 g/mol. The minimum Gasteiger partial charge on any atom is -0.493 e. The third-order valence-corrected chi connectivity index (χ3v) is 3.66. The Morgan fingerprint density at radius 1 is 1.24 bits per heavy atom. The summed E-state index contributed by atoms with van der Waals surface area (Å²) in [6, 6.07) is 3.90. The van der Waals surface area contributed by atoms with Crippen molar-refractivity contribution >= 4 is 28.9 Å². The highest BCUT2D eigenvalue weighted by Gasteiger charge is 2.09. The van der Waals surface area contributed by atoms with Gasteiger partial charge in [-0.2, -0.15) is 0 Å². The van der Waals surface area contributed by atoms with Crippen LogP contribution in [0.2, 0.25) is 0 Å². The molecule has 0 aromatic heterocycles. The Kier molecular flexibility index (Phi) is 10.4. The fourth-order valence-electron chi connectivity index (χ4n) is 2.15. The van der Waals surface area contributed by atoms with E-state index in [9.17, 15) is 0 Å². The van der Waals surface area contributed by atoms with Crippen LogP contribution in [-0.4, -0.2) is 37.3 Å². The minimum absolute atomic E-state index is 0.190. The quantitative estimate of drug-likeness (QED) is 0.253. The topological polar surface area (TPSA) is 60.3 Å². The van der Waals surface area contributed by atoms with Gasteiger partial charge in [-0.05, 0) is 49.6 Å². The third kappa shape index (κ3) is 8.47. The molecule has 0 radical (unpaired) electrons. The van der Waals surface area contributed by atoms with Crippen LogP contribution < -0.4 is 9.47 Å². The van der Waals surface area contributed by atoms with Gasteiger partial charge >= 0.3 is 0 Å². The van der Waals surface area contributed by atoms with Gasteiger partial charge in [-0.25, -0.2) is 0 Å². The Bertz CT molecular complexity index is 599. The molecule has 1 N–H and O–H groups in total. The normalized spacial score (nSPS) is 11.3. The zero-order valence-corrected chi connectivity index (χ0v) is 16.4. The van der Waals surface area contributed by atoms with Crippen LogP contribution in [0.5, 0.6) is 11.5 Å². The van der Waals surface area contributed by atoms with E-state index in [4.69, 9.17) is 42.6 Å². The molecule has 1 aromatic carbocycles. The van der Waals surface area contributed by atoms with E-state index in [-0.39, 0.29) is 4.49 Å². The van der Waals surface area contributed by atoms with Crippen LogP contribution in [0.3, 0.4) is 0 Å². The zero-order valence-electron chi connectivity index (χ0n) is 14.8. The fraction of sp³-hybridized carbons (Fsp3) is 0.500. The van der Waals surface area contributed by atoms with Gasteiger partial charge in [0.15, 0.2) is 0 Å². The van der Waals surface area contributed by atoms with Crippen LogP contribution in [-0.2, 0) is 11.2 Å². The van der Waals surface area contributed by atoms with Crippen molar-refractivity contribution in [3.8, 4) is 11.5 Å². The number of hydrogen-bond donors (Lipinski definition) is 1. The summed E-state index contributed by atoms with van der Waals surface area (Å²) < 4.78 is 17.1. The fourth-order valence-corrected chi connectivity index (χ4v) is 2.27. The van der Waals surface area contributed by atoms with E-state index in [1.165, 1.54) is 0 Å². The summed E-state index contributed by atoms with van der Waals surface area (Å²) in [4.78, 5) is 0. The Morgan fingerprint density at radius 3 is 2.64 bits per heavy atom. The van der Waals surface area contributed by atoms with Crippen molar-refractivity contribution in [3.63, 3.8) is 0 Å². The van der Waals surface area contributed by atoms with Crippen LogP contribution in [0.4, 0.5) is 0 Å². The van der Waals surface area contributed by atoms with E-state index < -0.39 is 0 Å². The van der Waals surface area contributed by atoms with Crippen molar-refractivity contribution in [3.05, 3.63) is 33.8 Å². The molecule has 0 fully saturated rings. The maximum atomic E-state index is 8.53. The number of benzene rings is 1. The van der Waals surface area contributed by atoms with Gasteiger partial charge in [-0.15, -0.1) is 0 Å². The number of oxime groups is 1. The van der Waals surface area contributed by atoms with Gasteiger partial charge in [0.05, 0.1) is 25.5 Å². The molecule has 0 saturated carbocycles. The largest absolute Gasteiger partial charge is 0.493 e. The van der Waals surface area contributed by atoms with Crippen LogP contribution in [0.25, 0.3) is 0 Å². The summed E-state index contributed by atoms with van der Waals surface area (Å²) in [5.74, 6) is 1.64. The second-order valence-electron chi connectivity index (χ2n) is 5.48. The second kappa shape index (κ2) is 12.0. The Morgan fingerprint density at radius 2 is 2.00 bits per heavy atom. The van der Waals surface area contributed by atoms with Gasteiger partial charge in [0.2, 0.25) is 0 Å². The summed E-state index contributed by atoms with van der Waals surface area (Å²) >= 11 is 11.2. The van der Waals surface area contributed by atoms with Crippen molar-refractivity contribution in [2.75, 3.05) is 26.4 Å². The Hall–Kier alpha value is -1.43. The first-order valence-electron chi connectivity index (χ1n) is 8.13. The molecule has 0 aliphatic carbocycles. The predicted molar refractivity (Wildman–Crippen MR) is 102 cm³/mol. The smallest absolute Gasteiger partial charge is 0.125 e. The maximum absolute atomic E-state index is 8.53. The first-order chi connectivity index (χ1) is 12.0. The SMILES string of the molecule is CCc1cc(OCC=C(Cl)Cl)cc(C)c1OCCCOCC(C)=NO. The molecule has 0 spiro atoms. The number of aryl methyl sites for hydroxylation is 2. The third-order valence-electron chi connectivity index (χ3n) is 3.35. The standard InChI is InChI=1S/C18H25Cl2NO4/c1-4-15-11-16(24-9-6-17(19)20)10-13(2)18(15)25-8-5-7-23-12-14(3)21-22/h6,10-11,22H,4-5,7-9,12H2,1-3H3. The summed E-state index contributed by atoms with van der Waals surface area (Å²) in [6.07, 6.45) is 3.18. The molecular formula is C18H25Cl2NO4. The first-order valence-corrected chi connectivity index (χ1v) is 8.89. The lowest BCUT2D eigenvalue weighted by molar-refractivity contribution is 0.148. The molecule has 25 heavy (non-hydrogen) atoms. The molecule has 1 aromatic rings. The van der Waals surface area contributed by atoms with E-state index in [0.29, 0.717) is 32.1 Å². The number of nitrogens with zero attached hydrogens (tertiary/aromatic N) is 1. The van der Waals surface area contributed by atoms with Crippen molar-refractivity contribution in [2.45, 2.75) is 33.6 Å². The molecule has 0 unspecified atom stereocenters. The number of ether oxygens (including phenoxy) is 3. The van der Waals surface area contributed by atoms with E-state index >= 15 is 0 Å². The average molecular weight is 390 g/mol. The van der Waals surface area contributed by atoms with Gasteiger partial charge < -0.3 is 19.4 Å². The van der Waals surface area contributed by atoms with E-state index in [0.717, 1.165) is 35.5 Å². The lowest BCUT2D eigenvalue weighted by Crippen LogP contribution is -2.09. The number of hydrogen-bond acceptors (Lipinski definition) is 5. The summed E-state index contributed by atoms with van der Waals surface area (Å²) in [6.45, 7) is 7.49. The minimum atomic E-state index is 0.190. The highest BCUT2D eigenvalue weighted by atomic mass is 35.5. The summed E-state index contributed by atoms with van der Waals surface area (Å²) in [5, 5.41) is 11.6. The molecule has 0 amide bonds. The molecule has 1 rings (SSSR count). The van der Waals surface area contributed by atoms with Crippen LogP contribution in [0, 0.1) is 6.92 Å². The molecule has 0 heterocycles. The van der Waals surface area contributed by atoms with Crippen molar-refractivity contribution < 1.29 is 19.4 Å². The first kappa shape index (κ1) is 21.6. The van der Waals surface area contributed by atoms with Gasteiger partial charge in [0, 0.05) is 6.42 Å². The van der Waals surface area contributed by atoms with E-state index in [1.807, 2.05) is 19.1 Å². The molecule has 5 nitrogen and oxygen atoms in total. The molecule has 0 saturated heterocycles. The number of rotatable bonds is 11. The van der Waals surface area contributed by atoms with Crippen LogP contribution in [0.1, 0.15) is 31.4 Å². The highest BCUT2D eigenvalue weighted by molar-refractivity contribution is 6.55. The molecular weight excluding hydrogens is 365 g/mol. The van der Waals surface area contributed by atoms with Crippen molar-refractivity contribution in [1.82, 2.24) is 0 Å². The molecule has 7 heteroatoms. The van der Waals surface area contributed by atoms with E-state index in [2.05, 4.69) is 12.1 Å². The maximum Gasteiger partial charge on any atom is 0.125 e. The van der Waals surface area contributed by atoms with Gasteiger partial charge in [-0.3, -0.25) is 0 Å². The zero-order chi connectivity index (χ0) is 18.7. The van der Waals surface area contributed by atoms with Crippen molar-refractivity contribution in [1.29, 1.82) is 0 Å². The predicted octanol–water partition coefficient (Wildman–Crippen LogP) is 4.89. The summed E-state index contributed by atoms with van der Waals surface area (Å²) in [7, 11) is 0. The molecule has 0 aliphatic rings. The van der Waals surface area contributed by atoms with Gasteiger partial charge in [0.1, 0.15) is 22.6 Å². The molecule has 0 atom stereocenters. The van der Waals surface area contributed by atoms with Crippen LogP contribution >= 0.6 is 23.2 Å². The van der Waals surface area contributed by atoms with Gasteiger partial charge in [0.25, 0.3) is 0 Å².